The van der Waals surface area contributed by atoms with E-state index in [1.165, 1.54) is 17.5 Å². The van der Waals surface area contributed by atoms with Crippen LogP contribution in [0.3, 0.4) is 0 Å². The molecule has 26 heavy (non-hydrogen) atoms. The van der Waals surface area contributed by atoms with E-state index < -0.39 is 56.1 Å². The average molecular weight is 422 g/mol. The zero-order valence-electron chi connectivity index (χ0n) is 12.7. The first-order chi connectivity index (χ1) is 12.1. The Morgan fingerprint density at radius 2 is 2.12 bits per heavy atom. The van der Waals surface area contributed by atoms with Crippen molar-refractivity contribution in [1.29, 1.82) is 0 Å². The van der Waals surface area contributed by atoms with Gasteiger partial charge in [0.1, 0.15) is 17.2 Å². The van der Waals surface area contributed by atoms with Gasteiger partial charge in [-0.3, -0.25) is 19.0 Å². The van der Waals surface area contributed by atoms with Crippen LogP contribution in [0.4, 0.5) is 4.39 Å². The van der Waals surface area contributed by atoms with Gasteiger partial charge in [-0.15, -0.1) is 23.1 Å². The highest BCUT2D eigenvalue weighted by Gasteiger charge is 2.55. The number of hydrogen-bond donors (Lipinski definition) is 3. The third kappa shape index (κ3) is 3.11. The van der Waals surface area contributed by atoms with Gasteiger partial charge in [-0.2, -0.15) is 8.42 Å². The van der Waals surface area contributed by atoms with Gasteiger partial charge in [0.05, 0.1) is 0 Å². The molecule has 1 aromatic rings. The van der Waals surface area contributed by atoms with Gasteiger partial charge in [0.25, 0.3) is 16.0 Å². The number of carboxylic acid groups (broad SMARTS) is 1. The number of carbonyl (C=O) groups is 3. The van der Waals surface area contributed by atoms with Gasteiger partial charge in [-0.25, -0.2) is 9.18 Å². The molecule has 3 N–H and O–H groups in total. The first-order valence-electron chi connectivity index (χ1n) is 6.99. The Bertz CT molecular complexity index is 912. The number of β-lactam (4-membered cyclic amide) rings is 1. The SMILES string of the molecule is O=C(O)C1=C(F)CS[C@@H]2C(NC(=O)C(c3cccs3)S(=O)(=O)O)C(=O)N12. The predicted molar refractivity (Wildman–Crippen MR) is 89.4 cm³/mol. The van der Waals surface area contributed by atoms with Gasteiger partial charge in [-0.05, 0) is 11.4 Å². The predicted octanol–water partition coefficient (Wildman–Crippen LogP) is 0.343. The third-order valence-electron chi connectivity index (χ3n) is 3.76. The lowest BCUT2D eigenvalue weighted by Crippen LogP contribution is -2.70. The molecule has 13 heteroatoms. The van der Waals surface area contributed by atoms with Crippen molar-refractivity contribution in [1.82, 2.24) is 10.2 Å². The Morgan fingerprint density at radius 3 is 2.65 bits per heavy atom. The van der Waals surface area contributed by atoms with E-state index in [1.54, 1.807) is 0 Å². The van der Waals surface area contributed by atoms with Crippen molar-refractivity contribution in [2.75, 3.05) is 5.75 Å². The number of nitrogens with zero attached hydrogens (tertiary/aromatic N) is 1. The Morgan fingerprint density at radius 1 is 1.42 bits per heavy atom. The van der Waals surface area contributed by atoms with Crippen LogP contribution in [0, 0.1) is 0 Å². The summed E-state index contributed by atoms with van der Waals surface area (Å²) in [5.41, 5.74) is -0.783. The molecular formula is C13H11FN2O7S3. The van der Waals surface area contributed by atoms with Crippen LogP contribution < -0.4 is 5.32 Å². The van der Waals surface area contributed by atoms with E-state index in [1.807, 2.05) is 0 Å². The number of amides is 2. The Labute approximate surface area is 154 Å². The third-order valence-corrected chi connectivity index (χ3v) is 7.15. The second kappa shape index (κ2) is 6.64. The summed E-state index contributed by atoms with van der Waals surface area (Å²) in [6.07, 6.45) is 0. The molecule has 0 spiro atoms. The summed E-state index contributed by atoms with van der Waals surface area (Å²) in [6.45, 7) is 0. The minimum absolute atomic E-state index is 0.0575. The maximum Gasteiger partial charge on any atom is 0.355 e. The van der Waals surface area contributed by atoms with Crippen molar-refractivity contribution in [3.05, 3.63) is 33.9 Å². The van der Waals surface area contributed by atoms with Gasteiger partial charge >= 0.3 is 5.97 Å². The fourth-order valence-corrected chi connectivity index (χ4v) is 5.80. The van der Waals surface area contributed by atoms with Crippen molar-refractivity contribution >= 4 is 51.0 Å². The molecule has 1 saturated heterocycles. The minimum atomic E-state index is -4.79. The molecule has 0 aliphatic carbocycles. The van der Waals surface area contributed by atoms with Crippen LogP contribution >= 0.6 is 23.1 Å². The van der Waals surface area contributed by atoms with Crippen LogP contribution in [-0.2, 0) is 24.5 Å². The molecule has 1 fully saturated rings. The summed E-state index contributed by atoms with van der Waals surface area (Å²) in [5, 5.41) is 9.98. The van der Waals surface area contributed by atoms with Crippen molar-refractivity contribution in [2.45, 2.75) is 16.7 Å². The van der Waals surface area contributed by atoms with E-state index in [0.29, 0.717) is 4.90 Å². The molecule has 2 amide bonds. The van der Waals surface area contributed by atoms with Gasteiger partial charge in [0.15, 0.2) is 10.9 Å². The molecule has 0 bridgehead atoms. The number of halogens is 1. The summed E-state index contributed by atoms with van der Waals surface area (Å²) >= 11 is 1.83. The van der Waals surface area contributed by atoms with Crippen LogP contribution in [0.1, 0.15) is 10.1 Å². The lowest BCUT2D eigenvalue weighted by Gasteiger charge is -2.48. The number of hydrogen-bond acceptors (Lipinski definition) is 7. The standard InChI is InChI=1S/C13H11FN2O7S3/c14-5-4-25-12-7(11(18)16(12)8(5)13(19)20)15-10(17)9(26(21,22)23)6-2-1-3-24-6/h1-3,7,9,12H,4H2,(H,15,17)(H,19,20)(H,21,22,23)/t7?,9?,12-/m1/s1. The lowest BCUT2D eigenvalue weighted by molar-refractivity contribution is -0.150. The average Bonchev–Trinajstić information content (AvgIpc) is 3.04. The molecule has 140 valence electrons. The maximum absolute atomic E-state index is 13.7. The second-order valence-corrected chi connectivity index (χ2v) is 8.95. The second-order valence-electron chi connectivity index (χ2n) is 5.37. The van der Waals surface area contributed by atoms with E-state index in [0.717, 1.165) is 23.1 Å². The quantitative estimate of drug-likeness (QED) is 0.456. The summed E-state index contributed by atoms with van der Waals surface area (Å²) in [6, 6.07) is 1.61. The highest BCUT2D eigenvalue weighted by molar-refractivity contribution is 8.00. The number of aliphatic carboxylic acids is 1. The van der Waals surface area contributed by atoms with Gasteiger partial charge in [0.2, 0.25) is 5.91 Å². The molecule has 2 aliphatic rings. The van der Waals surface area contributed by atoms with E-state index in [2.05, 4.69) is 5.32 Å². The van der Waals surface area contributed by atoms with Crippen LogP contribution in [-0.4, -0.2) is 57.9 Å². The molecule has 1 aromatic heterocycles. The van der Waals surface area contributed by atoms with Crippen LogP contribution in [0.5, 0.6) is 0 Å². The number of carboxylic acids is 1. The molecular weight excluding hydrogens is 411 g/mol. The van der Waals surface area contributed by atoms with E-state index in [-0.39, 0.29) is 10.6 Å². The largest absolute Gasteiger partial charge is 0.476 e. The maximum atomic E-state index is 13.7. The van der Waals surface area contributed by atoms with Crippen molar-refractivity contribution in [2.24, 2.45) is 0 Å². The first kappa shape index (κ1) is 18.8. The van der Waals surface area contributed by atoms with E-state index in [4.69, 9.17) is 5.11 Å². The molecule has 9 nitrogen and oxygen atoms in total. The lowest BCUT2D eigenvalue weighted by atomic mass is 10.0. The smallest absolute Gasteiger partial charge is 0.355 e. The topological polar surface area (TPSA) is 141 Å². The molecule has 0 radical (unpaired) electrons. The van der Waals surface area contributed by atoms with Crippen molar-refractivity contribution in [3.63, 3.8) is 0 Å². The number of carbonyl (C=O) groups excluding carboxylic acids is 2. The summed E-state index contributed by atoms with van der Waals surface area (Å²) < 4.78 is 46.2. The molecule has 3 rings (SSSR count). The first-order valence-corrected chi connectivity index (χ1v) is 10.4. The molecule has 0 aromatic carbocycles. The van der Waals surface area contributed by atoms with Gasteiger partial charge < -0.3 is 10.4 Å². The summed E-state index contributed by atoms with van der Waals surface area (Å²) in [7, 11) is -4.79. The summed E-state index contributed by atoms with van der Waals surface area (Å²) in [5.74, 6) is -4.87. The number of rotatable bonds is 5. The number of fused-ring (bicyclic) bond motifs is 1. The van der Waals surface area contributed by atoms with E-state index in [9.17, 15) is 31.7 Å². The van der Waals surface area contributed by atoms with Crippen molar-refractivity contribution < 1.29 is 36.9 Å². The normalized spacial score (nSPS) is 23.9. The molecule has 0 saturated carbocycles. The van der Waals surface area contributed by atoms with Gasteiger partial charge in [-0.1, -0.05) is 6.07 Å². The Kier molecular flexibility index (Phi) is 4.81. The van der Waals surface area contributed by atoms with E-state index >= 15 is 0 Å². The van der Waals surface area contributed by atoms with Crippen LogP contribution in [0.25, 0.3) is 0 Å². The van der Waals surface area contributed by atoms with Crippen LogP contribution in [0.2, 0.25) is 0 Å². The molecule has 2 aliphatic heterocycles. The summed E-state index contributed by atoms with van der Waals surface area (Å²) in [4.78, 5) is 36.4. The number of thiophene rings is 1. The number of thioether (sulfide) groups is 1. The highest BCUT2D eigenvalue weighted by atomic mass is 32.2. The highest BCUT2D eigenvalue weighted by Crippen LogP contribution is 2.41. The molecule has 2 unspecified atom stereocenters. The minimum Gasteiger partial charge on any atom is -0.476 e. The zero-order chi connectivity index (χ0) is 19.2. The van der Waals surface area contributed by atoms with Gasteiger partial charge in [0, 0.05) is 10.6 Å². The molecule has 3 heterocycles. The fourth-order valence-electron chi connectivity index (χ4n) is 2.66. The number of nitrogens with one attached hydrogen (secondary N) is 1. The monoisotopic (exact) mass is 422 g/mol. The Hall–Kier alpha value is -1.96. The molecule has 3 atom stereocenters. The van der Waals surface area contributed by atoms with Crippen molar-refractivity contribution in [3.8, 4) is 0 Å². The zero-order valence-corrected chi connectivity index (χ0v) is 15.1. The van der Waals surface area contributed by atoms with Crippen LogP contribution in [0.15, 0.2) is 29.0 Å². The Balaban J connectivity index is 1.81. The fraction of sp³-hybridized carbons (Fsp3) is 0.308.